The Balaban J connectivity index is 1.74. The molecule has 1 aliphatic carbocycles. The van der Waals surface area contributed by atoms with Crippen LogP contribution < -0.4 is 0 Å². The highest BCUT2D eigenvalue weighted by Crippen LogP contribution is 2.39. The molecule has 1 fully saturated rings. The van der Waals surface area contributed by atoms with Gasteiger partial charge in [0.2, 0.25) is 0 Å². The molecule has 18 heavy (non-hydrogen) atoms. The molecule has 1 aliphatic rings. The van der Waals surface area contributed by atoms with E-state index in [1.807, 2.05) is 24.3 Å². The normalized spacial score (nSPS) is 14.5. The van der Waals surface area contributed by atoms with E-state index in [1.54, 1.807) is 7.11 Å². The van der Waals surface area contributed by atoms with Gasteiger partial charge >= 0.3 is 5.97 Å². The molecule has 0 amide bonds. The highest BCUT2D eigenvalue weighted by atomic mass is 16.5. The van der Waals surface area contributed by atoms with Crippen LogP contribution in [0.3, 0.4) is 0 Å². The number of ether oxygens (including phenoxy) is 2. The Labute approximate surface area is 108 Å². The van der Waals surface area contributed by atoms with Crippen molar-refractivity contribution in [2.75, 3.05) is 20.3 Å². The fourth-order valence-corrected chi connectivity index (χ4v) is 1.90. The number of rotatable bonds is 7. The van der Waals surface area contributed by atoms with Gasteiger partial charge in [0.15, 0.2) is 0 Å². The number of hydrogen-bond donors (Lipinski definition) is 0. The number of methoxy groups -OCH3 is 1. The van der Waals surface area contributed by atoms with Crippen molar-refractivity contribution >= 4 is 5.97 Å². The second kappa shape index (κ2) is 6.55. The first-order chi connectivity index (χ1) is 8.81. The van der Waals surface area contributed by atoms with Crippen LogP contribution in [0.2, 0.25) is 0 Å². The van der Waals surface area contributed by atoms with E-state index in [1.165, 1.54) is 18.4 Å². The van der Waals surface area contributed by atoms with Crippen LogP contribution in [0.15, 0.2) is 24.3 Å². The van der Waals surface area contributed by atoms with Gasteiger partial charge in [-0.25, -0.2) is 4.79 Å². The van der Waals surface area contributed by atoms with Crippen LogP contribution in [0.1, 0.15) is 47.5 Å². The van der Waals surface area contributed by atoms with Crippen molar-refractivity contribution in [3.8, 4) is 0 Å². The summed E-state index contributed by atoms with van der Waals surface area (Å²) in [5.41, 5.74) is 1.98. The third-order valence-electron chi connectivity index (χ3n) is 3.17. The van der Waals surface area contributed by atoms with Gasteiger partial charge in [0, 0.05) is 13.7 Å². The van der Waals surface area contributed by atoms with E-state index in [4.69, 9.17) is 9.47 Å². The van der Waals surface area contributed by atoms with Crippen LogP contribution in [0.25, 0.3) is 0 Å². The Kier molecular flexibility index (Phi) is 4.76. The number of carbonyl (C=O) groups excluding carboxylic acids is 1. The minimum absolute atomic E-state index is 0.227. The van der Waals surface area contributed by atoms with Crippen molar-refractivity contribution in [1.82, 2.24) is 0 Å². The number of unbranched alkanes of at least 4 members (excludes halogenated alkanes) is 1. The van der Waals surface area contributed by atoms with Crippen LogP contribution in [0.5, 0.6) is 0 Å². The first-order valence-electron chi connectivity index (χ1n) is 6.57. The molecule has 1 saturated carbocycles. The molecule has 2 rings (SSSR count). The molecular formula is C15H20O3. The van der Waals surface area contributed by atoms with Crippen LogP contribution in [-0.2, 0) is 9.47 Å². The van der Waals surface area contributed by atoms with E-state index in [9.17, 15) is 4.79 Å². The molecule has 0 N–H and O–H groups in total. The van der Waals surface area contributed by atoms with Crippen molar-refractivity contribution in [3.05, 3.63) is 35.4 Å². The van der Waals surface area contributed by atoms with Crippen LogP contribution in [0, 0.1) is 0 Å². The number of carbonyl (C=O) groups is 1. The Morgan fingerprint density at radius 2 is 1.83 bits per heavy atom. The lowest BCUT2D eigenvalue weighted by molar-refractivity contribution is 0.0489. The van der Waals surface area contributed by atoms with Crippen molar-refractivity contribution < 1.29 is 14.3 Å². The zero-order valence-corrected chi connectivity index (χ0v) is 10.9. The largest absolute Gasteiger partial charge is 0.462 e. The van der Waals surface area contributed by atoms with E-state index in [0.29, 0.717) is 18.8 Å². The zero-order valence-electron chi connectivity index (χ0n) is 10.9. The molecule has 0 aliphatic heterocycles. The van der Waals surface area contributed by atoms with Crippen molar-refractivity contribution in [3.63, 3.8) is 0 Å². The maximum absolute atomic E-state index is 11.7. The maximum Gasteiger partial charge on any atom is 0.338 e. The number of esters is 1. The molecule has 0 spiro atoms. The van der Waals surface area contributed by atoms with Gasteiger partial charge in [0.05, 0.1) is 12.2 Å². The standard InChI is InChI=1S/C15H20O3/c1-17-10-2-3-11-18-15(16)14-8-6-13(7-9-14)12-4-5-12/h6-9,12H,2-5,10-11H2,1H3. The number of benzene rings is 1. The summed E-state index contributed by atoms with van der Waals surface area (Å²) in [4.78, 5) is 11.7. The zero-order chi connectivity index (χ0) is 12.8. The Morgan fingerprint density at radius 3 is 2.44 bits per heavy atom. The SMILES string of the molecule is COCCCCOC(=O)c1ccc(C2CC2)cc1. The summed E-state index contributed by atoms with van der Waals surface area (Å²) in [6.45, 7) is 1.18. The predicted molar refractivity (Wildman–Crippen MR) is 69.8 cm³/mol. The van der Waals surface area contributed by atoms with Gasteiger partial charge in [-0.3, -0.25) is 0 Å². The molecule has 1 aromatic carbocycles. The van der Waals surface area contributed by atoms with Crippen LogP contribution in [-0.4, -0.2) is 26.3 Å². The molecule has 0 heterocycles. The Hall–Kier alpha value is -1.35. The van der Waals surface area contributed by atoms with Gasteiger partial charge in [0.25, 0.3) is 0 Å². The first-order valence-corrected chi connectivity index (χ1v) is 6.57. The molecule has 0 unspecified atom stereocenters. The van der Waals surface area contributed by atoms with E-state index in [2.05, 4.69) is 0 Å². The average molecular weight is 248 g/mol. The molecule has 0 aromatic heterocycles. The van der Waals surface area contributed by atoms with Crippen molar-refractivity contribution in [1.29, 1.82) is 0 Å². The number of hydrogen-bond acceptors (Lipinski definition) is 3. The lowest BCUT2D eigenvalue weighted by atomic mass is 10.1. The predicted octanol–water partition coefficient (Wildman–Crippen LogP) is 3.15. The van der Waals surface area contributed by atoms with Crippen molar-refractivity contribution in [2.24, 2.45) is 0 Å². The van der Waals surface area contributed by atoms with Gasteiger partial charge in [-0.1, -0.05) is 12.1 Å². The fraction of sp³-hybridized carbons (Fsp3) is 0.533. The Morgan fingerprint density at radius 1 is 1.17 bits per heavy atom. The molecule has 0 saturated heterocycles. The summed E-state index contributed by atoms with van der Waals surface area (Å²) < 4.78 is 10.1. The van der Waals surface area contributed by atoms with Gasteiger partial charge in [-0.15, -0.1) is 0 Å². The average Bonchev–Trinajstić information content (AvgIpc) is 3.23. The van der Waals surface area contributed by atoms with E-state index < -0.39 is 0 Å². The van der Waals surface area contributed by atoms with E-state index in [-0.39, 0.29) is 5.97 Å². The van der Waals surface area contributed by atoms with E-state index in [0.717, 1.165) is 18.8 Å². The van der Waals surface area contributed by atoms with Crippen molar-refractivity contribution in [2.45, 2.75) is 31.6 Å². The second-order valence-electron chi connectivity index (χ2n) is 4.73. The molecule has 0 radical (unpaired) electrons. The lowest BCUT2D eigenvalue weighted by Crippen LogP contribution is -2.07. The quantitative estimate of drug-likeness (QED) is 0.549. The summed E-state index contributed by atoms with van der Waals surface area (Å²) >= 11 is 0. The van der Waals surface area contributed by atoms with Crippen LogP contribution >= 0.6 is 0 Å². The third kappa shape index (κ3) is 3.84. The first kappa shape index (κ1) is 13.1. The molecule has 1 aromatic rings. The second-order valence-corrected chi connectivity index (χ2v) is 4.73. The highest BCUT2D eigenvalue weighted by Gasteiger charge is 2.23. The minimum atomic E-state index is -0.227. The topological polar surface area (TPSA) is 35.5 Å². The molecule has 0 atom stereocenters. The van der Waals surface area contributed by atoms with E-state index >= 15 is 0 Å². The monoisotopic (exact) mass is 248 g/mol. The summed E-state index contributed by atoms with van der Waals surface area (Å²) in [7, 11) is 1.67. The molecule has 98 valence electrons. The third-order valence-corrected chi connectivity index (χ3v) is 3.17. The van der Waals surface area contributed by atoms with Gasteiger partial charge in [0.1, 0.15) is 0 Å². The smallest absolute Gasteiger partial charge is 0.338 e. The van der Waals surface area contributed by atoms with Gasteiger partial charge in [-0.2, -0.15) is 0 Å². The lowest BCUT2D eigenvalue weighted by Gasteiger charge is -2.05. The Bertz CT molecular complexity index is 379. The summed E-state index contributed by atoms with van der Waals surface area (Å²) in [6.07, 6.45) is 4.33. The van der Waals surface area contributed by atoms with Gasteiger partial charge < -0.3 is 9.47 Å². The maximum atomic E-state index is 11.7. The molecular weight excluding hydrogens is 228 g/mol. The molecule has 3 heteroatoms. The molecule has 0 bridgehead atoms. The summed E-state index contributed by atoms with van der Waals surface area (Å²) in [5, 5.41) is 0. The van der Waals surface area contributed by atoms with Gasteiger partial charge in [-0.05, 0) is 49.3 Å². The minimum Gasteiger partial charge on any atom is -0.462 e. The highest BCUT2D eigenvalue weighted by molar-refractivity contribution is 5.89. The fourth-order valence-electron chi connectivity index (χ4n) is 1.90. The summed E-state index contributed by atoms with van der Waals surface area (Å²) in [6, 6.07) is 7.81. The molecule has 3 nitrogen and oxygen atoms in total. The van der Waals surface area contributed by atoms with Crippen LogP contribution in [0.4, 0.5) is 0 Å². The summed E-state index contributed by atoms with van der Waals surface area (Å²) in [5.74, 6) is 0.499.